The van der Waals surface area contributed by atoms with E-state index in [1.54, 1.807) is 0 Å². The van der Waals surface area contributed by atoms with E-state index in [1.807, 2.05) is 18.2 Å². The number of carbonyl (C=O) groups is 2. The third-order valence-electron chi connectivity index (χ3n) is 7.94. The van der Waals surface area contributed by atoms with Crippen LogP contribution < -0.4 is 0 Å². The van der Waals surface area contributed by atoms with Crippen LogP contribution in [0.4, 0.5) is 0 Å². The molecule has 0 aliphatic heterocycles. The van der Waals surface area contributed by atoms with Crippen LogP contribution in [0.3, 0.4) is 0 Å². The van der Waals surface area contributed by atoms with Crippen molar-refractivity contribution in [3.05, 3.63) is 71.3 Å². The minimum Gasteiger partial charge on any atom is -0.481 e. The Balaban J connectivity index is 1.74. The lowest BCUT2D eigenvalue weighted by Crippen LogP contribution is -2.34. The van der Waals surface area contributed by atoms with Gasteiger partial charge in [-0.3, -0.25) is 9.59 Å². The van der Waals surface area contributed by atoms with Crippen molar-refractivity contribution in [3.8, 4) is 11.8 Å². The lowest BCUT2D eigenvalue weighted by Gasteiger charge is -2.33. The largest absolute Gasteiger partial charge is 0.481 e. The first-order valence-electron chi connectivity index (χ1n) is 15.2. The number of nitrogens with zero attached hydrogens (tertiary/aromatic N) is 1. The number of carboxylic acids is 1. The van der Waals surface area contributed by atoms with E-state index in [9.17, 15) is 9.59 Å². The van der Waals surface area contributed by atoms with E-state index < -0.39 is 5.97 Å². The summed E-state index contributed by atoms with van der Waals surface area (Å²) in [4.78, 5) is 26.9. The molecule has 0 radical (unpaired) electrons. The monoisotopic (exact) mass is 529 g/mol. The van der Waals surface area contributed by atoms with Crippen LogP contribution in [0.15, 0.2) is 54.6 Å². The molecule has 0 saturated heterocycles. The number of rotatable bonds is 16. The molecule has 4 heteroatoms. The summed E-state index contributed by atoms with van der Waals surface area (Å²) >= 11 is 0. The molecule has 0 aromatic heterocycles. The van der Waals surface area contributed by atoms with E-state index in [2.05, 4.69) is 60.1 Å². The van der Waals surface area contributed by atoms with Gasteiger partial charge in [0.25, 0.3) is 0 Å². The van der Waals surface area contributed by atoms with Crippen molar-refractivity contribution in [3.63, 3.8) is 0 Å². The summed E-state index contributed by atoms with van der Waals surface area (Å²) in [6.07, 6.45) is 14.6. The van der Waals surface area contributed by atoms with Crippen molar-refractivity contribution < 1.29 is 14.7 Å². The highest BCUT2D eigenvalue weighted by Gasteiger charge is 2.26. The first kappa shape index (κ1) is 30.5. The number of benzene rings is 2. The molecule has 1 amide bonds. The Morgan fingerprint density at radius 2 is 1.56 bits per heavy atom. The van der Waals surface area contributed by atoms with Gasteiger partial charge in [-0.2, -0.15) is 0 Å². The van der Waals surface area contributed by atoms with Crippen LogP contribution in [-0.2, 0) is 22.6 Å². The van der Waals surface area contributed by atoms with Gasteiger partial charge in [-0.25, -0.2) is 0 Å². The molecule has 4 nitrogen and oxygen atoms in total. The van der Waals surface area contributed by atoms with Crippen molar-refractivity contribution >= 4 is 11.9 Å². The average molecular weight is 530 g/mol. The van der Waals surface area contributed by atoms with Crippen LogP contribution in [0, 0.1) is 17.8 Å². The molecule has 210 valence electrons. The summed E-state index contributed by atoms with van der Waals surface area (Å²) in [5.74, 6) is 6.83. The van der Waals surface area contributed by atoms with E-state index in [1.165, 1.54) is 50.5 Å². The van der Waals surface area contributed by atoms with Crippen LogP contribution in [0.25, 0.3) is 0 Å². The van der Waals surface area contributed by atoms with Gasteiger partial charge in [0, 0.05) is 32.2 Å². The summed E-state index contributed by atoms with van der Waals surface area (Å²) in [6.45, 7) is 2.77. The van der Waals surface area contributed by atoms with Crippen LogP contribution in [0.1, 0.15) is 120 Å². The summed E-state index contributed by atoms with van der Waals surface area (Å²) in [6, 6.07) is 18.6. The minimum absolute atomic E-state index is 0.0101. The molecule has 3 rings (SSSR count). The number of hydrogen-bond donors (Lipinski definition) is 1. The molecule has 1 saturated carbocycles. The lowest BCUT2D eigenvalue weighted by atomic mass is 9.96. The van der Waals surface area contributed by atoms with Crippen LogP contribution in [-0.4, -0.2) is 21.9 Å². The van der Waals surface area contributed by atoms with Gasteiger partial charge in [0.15, 0.2) is 0 Å². The molecular formula is C35H47NO3. The van der Waals surface area contributed by atoms with Gasteiger partial charge in [0.1, 0.15) is 0 Å². The number of carbonyl (C=O) groups excluding carboxylic acids is 1. The highest BCUT2D eigenvalue weighted by molar-refractivity contribution is 5.76. The Labute approximate surface area is 236 Å². The SMILES string of the molecule is CCCCCC#CCCCC(c1ccccc1)N(Cc1ccc(CCC(=O)O)cc1)C(=O)CCC1CCCC1. The molecule has 0 bridgehead atoms. The van der Waals surface area contributed by atoms with Crippen molar-refractivity contribution in [2.75, 3.05) is 0 Å². The average Bonchev–Trinajstić information content (AvgIpc) is 3.48. The quantitative estimate of drug-likeness (QED) is 0.175. The number of aryl methyl sites for hydroxylation is 1. The topological polar surface area (TPSA) is 57.6 Å². The second-order valence-corrected chi connectivity index (χ2v) is 11.1. The third-order valence-corrected chi connectivity index (χ3v) is 7.94. The second-order valence-electron chi connectivity index (χ2n) is 11.1. The zero-order valence-corrected chi connectivity index (χ0v) is 23.9. The van der Waals surface area contributed by atoms with E-state index in [-0.39, 0.29) is 18.4 Å². The van der Waals surface area contributed by atoms with E-state index in [4.69, 9.17) is 5.11 Å². The van der Waals surface area contributed by atoms with Gasteiger partial charge in [0.05, 0.1) is 6.04 Å². The molecule has 1 aliphatic carbocycles. The van der Waals surface area contributed by atoms with Crippen molar-refractivity contribution in [2.24, 2.45) is 5.92 Å². The van der Waals surface area contributed by atoms with Crippen LogP contribution in [0.2, 0.25) is 0 Å². The second kappa shape index (κ2) is 17.5. The van der Waals surface area contributed by atoms with Gasteiger partial charge in [-0.05, 0) is 54.7 Å². The fourth-order valence-electron chi connectivity index (χ4n) is 5.60. The molecule has 0 heterocycles. The van der Waals surface area contributed by atoms with Gasteiger partial charge in [0.2, 0.25) is 5.91 Å². The zero-order valence-electron chi connectivity index (χ0n) is 23.9. The fraction of sp³-hybridized carbons (Fsp3) is 0.543. The summed E-state index contributed by atoms with van der Waals surface area (Å²) in [5.41, 5.74) is 3.28. The predicted octanol–water partition coefficient (Wildman–Crippen LogP) is 8.50. The molecule has 1 atom stereocenters. The molecule has 1 N–H and O–H groups in total. The minimum atomic E-state index is -0.783. The fourth-order valence-corrected chi connectivity index (χ4v) is 5.60. The summed E-state index contributed by atoms with van der Waals surface area (Å²) in [7, 11) is 0. The first-order chi connectivity index (χ1) is 19.1. The van der Waals surface area contributed by atoms with Gasteiger partial charge < -0.3 is 10.0 Å². The Hall–Kier alpha value is -3.06. The van der Waals surface area contributed by atoms with Gasteiger partial charge in [-0.15, -0.1) is 11.8 Å². The number of carboxylic acid groups (broad SMARTS) is 1. The Morgan fingerprint density at radius 3 is 2.23 bits per heavy atom. The molecule has 2 aromatic carbocycles. The highest BCUT2D eigenvalue weighted by Crippen LogP contribution is 2.32. The van der Waals surface area contributed by atoms with Crippen molar-refractivity contribution in [2.45, 2.75) is 116 Å². The van der Waals surface area contributed by atoms with E-state index >= 15 is 0 Å². The smallest absolute Gasteiger partial charge is 0.303 e. The number of hydrogen-bond acceptors (Lipinski definition) is 2. The van der Waals surface area contributed by atoms with Gasteiger partial charge in [-0.1, -0.05) is 100 Å². The molecular weight excluding hydrogens is 482 g/mol. The molecule has 1 fully saturated rings. The Kier molecular flexibility index (Phi) is 13.7. The normalized spacial score (nSPS) is 14.0. The Morgan fingerprint density at radius 1 is 0.897 bits per heavy atom. The van der Waals surface area contributed by atoms with E-state index in [0.29, 0.717) is 25.3 Å². The number of amides is 1. The third kappa shape index (κ3) is 11.3. The summed E-state index contributed by atoms with van der Waals surface area (Å²) < 4.78 is 0. The standard InChI is InChI=1S/C35H47NO3/c1-2-3-4-5-6-7-8-12-19-33(32-17-10-9-11-18-32)36(34(37)26-24-29-15-13-14-16-29)28-31-22-20-30(21-23-31)25-27-35(38)39/h9-11,17-18,20-23,29,33H,2-5,8,12-16,19,24-28H2,1H3,(H,38,39). The zero-order chi connectivity index (χ0) is 27.7. The maximum atomic E-state index is 13.8. The van der Waals surface area contributed by atoms with Crippen LogP contribution in [0.5, 0.6) is 0 Å². The van der Waals surface area contributed by atoms with Crippen molar-refractivity contribution in [1.29, 1.82) is 0 Å². The predicted molar refractivity (Wildman–Crippen MR) is 159 cm³/mol. The Bertz CT molecular complexity index is 1040. The molecule has 2 aromatic rings. The first-order valence-corrected chi connectivity index (χ1v) is 15.2. The maximum absolute atomic E-state index is 13.8. The molecule has 1 aliphatic rings. The molecule has 0 spiro atoms. The number of aliphatic carboxylic acids is 1. The van der Waals surface area contributed by atoms with E-state index in [0.717, 1.165) is 43.2 Å². The lowest BCUT2D eigenvalue weighted by molar-refractivity contribution is -0.137. The van der Waals surface area contributed by atoms with Gasteiger partial charge >= 0.3 is 5.97 Å². The van der Waals surface area contributed by atoms with Crippen LogP contribution >= 0.6 is 0 Å². The highest BCUT2D eigenvalue weighted by atomic mass is 16.4. The van der Waals surface area contributed by atoms with Crippen molar-refractivity contribution in [1.82, 2.24) is 4.90 Å². The summed E-state index contributed by atoms with van der Waals surface area (Å²) in [5, 5.41) is 9.01. The molecule has 39 heavy (non-hydrogen) atoms. The number of unbranched alkanes of at least 4 members (excludes halogenated alkanes) is 4. The maximum Gasteiger partial charge on any atom is 0.303 e. The molecule has 1 unspecified atom stereocenters.